The molecule has 0 spiro atoms. The molecule has 0 radical (unpaired) electrons. The number of nitrogens with one attached hydrogen (secondary N) is 2. The Labute approximate surface area is 132 Å². The van der Waals surface area contributed by atoms with Gasteiger partial charge in [-0.3, -0.25) is 4.79 Å². The number of hydrogen-bond acceptors (Lipinski definition) is 3. The molecule has 0 aliphatic heterocycles. The minimum Gasteiger partial charge on any atom is -0.398 e. The van der Waals surface area contributed by atoms with Crippen molar-refractivity contribution in [3.8, 4) is 0 Å². The van der Waals surface area contributed by atoms with E-state index in [1.165, 1.54) is 6.07 Å². The summed E-state index contributed by atoms with van der Waals surface area (Å²) >= 11 is 9.25. The molecule has 4 N–H and O–H groups in total. The standard InChI is InChI=1S/C14H9BrClN3O2/c15-9-5-12-11(18-14(21)19-12)4-7(9)13(20)8-3-6(16)1-2-10(8)17/h1-5H,17H2,(H2,18,19,21). The van der Waals surface area contributed by atoms with Gasteiger partial charge in [-0.1, -0.05) is 11.6 Å². The highest BCUT2D eigenvalue weighted by Crippen LogP contribution is 2.27. The number of fused-ring (bicyclic) bond motifs is 1. The summed E-state index contributed by atoms with van der Waals surface area (Å²) in [7, 11) is 0. The molecule has 0 aliphatic rings. The van der Waals surface area contributed by atoms with E-state index in [9.17, 15) is 9.59 Å². The van der Waals surface area contributed by atoms with Crippen molar-refractivity contribution in [2.75, 3.05) is 5.73 Å². The summed E-state index contributed by atoms with van der Waals surface area (Å²) in [6.45, 7) is 0. The monoisotopic (exact) mass is 365 g/mol. The van der Waals surface area contributed by atoms with Gasteiger partial charge in [-0.15, -0.1) is 0 Å². The summed E-state index contributed by atoms with van der Waals surface area (Å²) in [5, 5.41) is 0.430. The van der Waals surface area contributed by atoms with Crippen LogP contribution >= 0.6 is 27.5 Å². The first-order valence-corrected chi connectivity index (χ1v) is 7.14. The third-order valence-corrected chi connectivity index (χ3v) is 4.00. The second kappa shape index (κ2) is 5.05. The molecule has 0 aliphatic carbocycles. The van der Waals surface area contributed by atoms with Crippen LogP contribution < -0.4 is 11.4 Å². The van der Waals surface area contributed by atoms with Crippen molar-refractivity contribution in [2.45, 2.75) is 0 Å². The van der Waals surface area contributed by atoms with E-state index in [2.05, 4.69) is 25.9 Å². The molecule has 0 saturated heterocycles. The second-order valence-corrected chi connectivity index (χ2v) is 5.81. The predicted molar refractivity (Wildman–Crippen MR) is 85.9 cm³/mol. The Kier molecular flexibility index (Phi) is 3.35. The molecule has 1 heterocycles. The zero-order valence-corrected chi connectivity index (χ0v) is 12.9. The largest absolute Gasteiger partial charge is 0.398 e. The fourth-order valence-electron chi connectivity index (χ4n) is 2.10. The third-order valence-electron chi connectivity index (χ3n) is 3.11. The molecule has 0 amide bonds. The molecule has 7 heteroatoms. The predicted octanol–water partition coefficient (Wildman–Crippen LogP) is 3.09. The molecule has 0 fully saturated rings. The number of halogens is 2. The molecule has 0 atom stereocenters. The maximum atomic E-state index is 12.6. The molecule has 2 aromatic carbocycles. The van der Waals surface area contributed by atoms with Crippen LogP contribution in [0.4, 0.5) is 5.69 Å². The second-order valence-electron chi connectivity index (χ2n) is 4.52. The van der Waals surface area contributed by atoms with Crippen molar-refractivity contribution in [3.05, 3.63) is 61.4 Å². The maximum absolute atomic E-state index is 12.6. The van der Waals surface area contributed by atoms with Crippen LogP contribution in [0, 0.1) is 0 Å². The number of anilines is 1. The Bertz CT molecular complexity index is 930. The van der Waals surface area contributed by atoms with Crippen molar-refractivity contribution in [2.24, 2.45) is 0 Å². The summed E-state index contributed by atoms with van der Waals surface area (Å²) in [4.78, 5) is 29.2. The van der Waals surface area contributed by atoms with Crippen LogP contribution in [0.2, 0.25) is 5.02 Å². The Morgan fingerprint density at radius 1 is 1.10 bits per heavy atom. The van der Waals surface area contributed by atoms with Crippen LogP contribution in [0.25, 0.3) is 11.0 Å². The van der Waals surface area contributed by atoms with Gasteiger partial charge in [-0.05, 0) is 46.3 Å². The van der Waals surface area contributed by atoms with E-state index in [1.54, 1.807) is 24.3 Å². The number of aromatic amines is 2. The number of nitrogen functional groups attached to an aromatic ring is 1. The third kappa shape index (κ3) is 2.48. The van der Waals surface area contributed by atoms with Gasteiger partial charge in [0.05, 0.1) is 11.0 Å². The molecule has 1 aromatic heterocycles. The van der Waals surface area contributed by atoms with Crippen molar-refractivity contribution >= 4 is 50.0 Å². The Balaban J connectivity index is 2.19. The number of carbonyl (C=O) groups excluding carboxylic acids is 1. The molecule has 3 rings (SSSR count). The van der Waals surface area contributed by atoms with E-state index < -0.39 is 0 Å². The smallest absolute Gasteiger partial charge is 0.323 e. The number of imidazole rings is 1. The zero-order valence-electron chi connectivity index (χ0n) is 10.5. The van der Waals surface area contributed by atoms with Gasteiger partial charge in [0, 0.05) is 26.3 Å². The number of hydrogen-bond donors (Lipinski definition) is 3. The summed E-state index contributed by atoms with van der Waals surface area (Å²) in [5.74, 6) is -0.272. The van der Waals surface area contributed by atoms with Crippen LogP contribution in [-0.2, 0) is 0 Å². The molecule has 5 nitrogen and oxygen atoms in total. The average Bonchev–Trinajstić information content (AvgIpc) is 2.79. The topological polar surface area (TPSA) is 91.7 Å². The van der Waals surface area contributed by atoms with Gasteiger partial charge in [0.1, 0.15) is 0 Å². The number of benzene rings is 2. The fourth-order valence-corrected chi connectivity index (χ4v) is 2.80. The fraction of sp³-hybridized carbons (Fsp3) is 0. The van der Waals surface area contributed by atoms with E-state index in [1.807, 2.05) is 0 Å². The summed E-state index contributed by atoms with van der Waals surface area (Å²) in [5.41, 5.74) is 7.73. The van der Waals surface area contributed by atoms with Crippen molar-refractivity contribution < 1.29 is 4.79 Å². The lowest BCUT2D eigenvalue weighted by Crippen LogP contribution is -2.06. The molecule has 0 bridgehead atoms. The lowest BCUT2D eigenvalue weighted by molar-refractivity contribution is 0.103. The molecule has 0 unspecified atom stereocenters. The molecular formula is C14H9BrClN3O2. The summed E-state index contributed by atoms with van der Waals surface area (Å²) in [6, 6.07) is 7.99. The number of rotatable bonds is 2. The Morgan fingerprint density at radius 2 is 1.76 bits per heavy atom. The highest BCUT2D eigenvalue weighted by Gasteiger charge is 2.17. The van der Waals surface area contributed by atoms with Gasteiger partial charge in [0.25, 0.3) is 0 Å². The molecule has 21 heavy (non-hydrogen) atoms. The number of H-pyrrole nitrogens is 2. The van der Waals surface area contributed by atoms with E-state index in [4.69, 9.17) is 17.3 Å². The highest BCUT2D eigenvalue weighted by atomic mass is 79.9. The maximum Gasteiger partial charge on any atom is 0.323 e. The molecule has 0 saturated carbocycles. The van der Waals surface area contributed by atoms with Crippen LogP contribution in [0.15, 0.2) is 39.6 Å². The molecule has 106 valence electrons. The van der Waals surface area contributed by atoms with Gasteiger partial charge >= 0.3 is 5.69 Å². The minimum absolute atomic E-state index is 0.272. The number of nitrogens with two attached hydrogens (primary N) is 1. The Morgan fingerprint density at radius 3 is 2.48 bits per heavy atom. The van der Waals surface area contributed by atoms with E-state index >= 15 is 0 Å². The van der Waals surface area contributed by atoms with E-state index in [0.29, 0.717) is 37.3 Å². The van der Waals surface area contributed by atoms with E-state index in [0.717, 1.165) is 0 Å². The summed E-state index contributed by atoms with van der Waals surface area (Å²) in [6.07, 6.45) is 0. The number of carbonyl (C=O) groups is 1. The van der Waals surface area contributed by atoms with Gasteiger partial charge in [-0.2, -0.15) is 0 Å². The summed E-state index contributed by atoms with van der Waals surface area (Å²) < 4.78 is 0.564. The molecule has 3 aromatic rings. The Hall–Kier alpha value is -2.05. The van der Waals surface area contributed by atoms with Crippen LogP contribution in [0.3, 0.4) is 0 Å². The van der Waals surface area contributed by atoms with Crippen LogP contribution in [0.5, 0.6) is 0 Å². The van der Waals surface area contributed by atoms with E-state index in [-0.39, 0.29) is 11.5 Å². The van der Waals surface area contributed by atoms with Gasteiger partial charge in [-0.25, -0.2) is 4.79 Å². The van der Waals surface area contributed by atoms with Crippen LogP contribution in [0.1, 0.15) is 15.9 Å². The normalized spacial score (nSPS) is 11.0. The van der Waals surface area contributed by atoms with Crippen molar-refractivity contribution in [1.82, 2.24) is 9.97 Å². The lowest BCUT2D eigenvalue weighted by atomic mass is 10.0. The first-order chi connectivity index (χ1) is 9.95. The quantitative estimate of drug-likeness (QED) is 0.481. The van der Waals surface area contributed by atoms with Gasteiger partial charge in [0.2, 0.25) is 0 Å². The first-order valence-electron chi connectivity index (χ1n) is 5.97. The number of ketones is 1. The average molecular weight is 367 g/mol. The first kappa shape index (κ1) is 13.9. The van der Waals surface area contributed by atoms with Gasteiger partial charge in [0.15, 0.2) is 5.78 Å². The number of aromatic nitrogens is 2. The van der Waals surface area contributed by atoms with Crippen molar-refractivity contribution in [3.63, 3.8) is 0 Å². The molecular weight excluding hydrogens is 358 g/mol. The van der Waals surface area contributed by atoms with Crippen LogP contribution in [-0.4, -0.2) is 15.8 Å². The highest BCUT2D eigenvalue weighted by molar-refractivity contribution is 9.10. The minimum atomic E-state index is -0.330. The zero-order chi connectivity index (χ0) is 15.1. The SMILES string of the molecule is Nc1ccc(Cl)cc1C(=O)c1cc2[nH]c(=O)[nH]c2cc1Br. The van der Waals surface area contributed by atoms with Gasteiger partial charge < -0.3 is 15.7 Å². The van der Waals surface area contributed by atoms with Crippen molar-refractivity contribution in [1.29, 1.82) is 0 Å². The lowest BCUT2D eigenvalue weighted by Gasteiger charge is -2.07.